The number of halogens is 4. The third-order valence-corrected chi connectivity index (χ3v) is 9.33. The molecule has 3 aliphatic rings. The van der Waals surface area contributed by atoms with Crippen molar-refractivity contribution >= 4 is 72.8 Å². The Kier molecular flexibility index (Phi) is 4.42. The second-order valence-electron chi connectivity index (χ2n) is 6.59. The third kappa shape index (κ3) is 2.58. The Morgan fingerprint density at radius 3 is 2.12 bits per heavy atom. The van der Waals surface area contributed by atoms with Gasteiger partial charge in [-0.2, -0.15) is 5.01 Å². The molecule has 4 rings (SSSR count). The molecule has 1 aliphatic heterocycles. The van der Waals surface area contributed by atoms with Crippen LogP contribution in [0.2, 0.25) is 10.0 Å². The van der Waals surface area contributed by atoms with Crippen molar-refractivity contribution in [3.8, 4) is 0 Å². The van der Waals surface area contributed by atoms with Crippen molar-refractivity contribution in [3.05, 3.63) is 33.8 Å². The summed E-state index contributed by atoms with van der Waals surface area (Å²) in [5.41, 5.74) is 2.66. The van der Waals surface area contributed by atoms with Crippen molar-refractivity contribution in [2.24, 2.45) is 23.7 Å². The van der Waals surface area contributed by atoms with Crippen LogP contribution in [0.5, 0.6) is 0 Å². The van der Waals surface area contributed by atoms with Crippen molar-refractivity contribution in [1.82, 2.24) is 10.4 Å². The Hall–Kier alpha value is -0.630. The first kappa shape index (κ1) is 17.8. The number of fused-ring (bicyclic) bond motifs is 5. The Morgan fingerprint density at radius 1 is 1.04 bits per heavy atom. The number of nitrogens with one attached hydrogen (secondary N) is 1. The molecule has 9 heteroatoms. The molecule has 6 atom stereocenters. The van der Waals surface area contributed by atoms with Crippen LogP contribution in [0.3, 0.4) is 0 Å². The number of carbonyl (C=O) groups excluding carboxylic acids is 3. The molecule has 3 amide bonds. The lowest BCUT2D eigenvalue weighted by atomic mass is 9.81. The monoisotopic (exact) mass is 508 g/mol. The van der Waals surface area contributed by atoms with Crippen molar-refractivity contribution in [1.29, 1.82) is 0 Å². The minimum absolute atomic E-state index is 0.0997. The molecule has 1 heterocycles. The van der Waals surface area contributed by atoms with E-state index in [1.807, 2.05) is 0 Å². The van der Waals surface area contributed by atoms with Gasteiger partial charge in [0.25, 0.3) is 17.7 Å². The fourth-order valence-corrected chi connectivity index (χ4v) is 6.43. The Labute approximate surface area is 170 Å². The first-order valence-corrected chi connectivity index (χ1v) is 10.3. The predicted molar refractivity (Wildman–Crippen MR) is 99.8 cm³/mol. The van der Waals surface area contributed by atoms with Gasteiger partial charge in [-0.25, -0.2) is 0 Å². The van der Waals surface area contributed by atoms with E-state index in [0.29, 0.717) is 5.02 Å². The smallest absolute Gasteiger partial charge is 0.270 e. The van der Waals surface area contributed by atoms with E-state index in [2.05, 4.69) is 37.3 Å². The molecule has 0 aromatic heterocycles. The molecule has 1 saturated heterocycles. The van der Waals surface area contributed by atoms with Gasteiger partial charge in [-0.3, -0.25) is 19.8 Å². The van der Waals surface area contributed by atoms with Crippen LogP contribution >= 0.6 is 55.1 Å². The zero-order chi connectivity index (χ0) is 18.0. The highest BCUT2D eigenvalue weighted by Crippen LogP contribution is 2.59. The molecule has 1 aromatic carbocycles. The van der Waals surface area contributed by atoms with E-state index in [4.69, 9.17) is 23.2 Å². The van der Waals surface area contributed by atoms with Gasteiger partial charge in [-0.05, 0) is 36.5 Å². The Bertz CT molecular complexity index is 774. The average Bonchev–Trinajstić information content (AvgIpc) is 3.17. The molecule has 0 spiro atoms. The van der Waals surface area contributed by atoms with E-state index in [-0.39, 0.29) is 55.7 Å². The largest absolute Gasteiger partial charge is 0.272 e. The van der Waals surface area contributed by atoms with Gasteiger partial charge in [0, 0.05) is 15.2 Å². The Morgan fingerprint density at radius 2 is 1.60 bits per heavy atom. The topological polar surface area (TPSA) is 66.5 Å². The lowest BCUT2D eigenvalue weighted by molar-refractivity contribution is -0.143. The van der Waals surface area contributed by atoms with Gasteiger partial charge in [-0.15, -0.1) is 0 Å². The van der Waals surface area contributed by atoms with Crippen LogP contribution < -0.4 is 5.43 Å². The number of amides is 3. The fourth-order valence-electron chi connectivity index (χ4n) is 4.26. The molecule has 2 aliphatic carbocycles. The maximum atomic E-state index is 12.7. The molecular formula is C16H12Br2Cl2N2O3. The first-order chi connectivity index (χ1) is 11.8. The van der Waals surface area contributed by atoms with Gasteiger partial charge in [0.2, 0.25) is 0 Å². The number of rotatable bonds is 2. The van der Waals surface area contributed by atoms with E-state index in [0.717, 1.165) is 11.4 Å². The summed E-state index contributed by atoms with van der Waals surface area (Å²) in [7, 11) is 0. The summed E-state index contributed by atoms with van der Waals surface area (Å²) in [5, 5.41) is 1.43. The maximum absolute atomic E-state index is 12.7. The lowest BCUT2D eigenvalue weighted by Crippen LogP contribution is -2.47. The van der Waals surface area contributed by atoms with Crippen LogP contribution in [0, 0.1) is 23.7 Å². The van der Waals surface area contributed by atoms with E-state index in [1.165, 1.54) is 18.2 Å². The molecule has 132 valence electrons. The van der Waals surface area contributed by atoms with Crippen molar-refractivity contribution in [3.63, 3.8) is 0 Å². The zero-order valence-corrected chi connectivity index (χ0v) is 17.3. The van der Waals surface area contributed by atoms with Gasteiger partial charge in [-0.1, -0.05) is 55.1 Å². The summed E-state index contributed by atoms with van der Waals surface area (Å²) in [6.07, 6.45) is 0.841. The summed E-state index contributed by atoms with van der Waals surface area (Å²) in [4.78, 5) is 38.2. The van der Waals surface area contributed by atoms with Crippen LogP contribution in [0.15, 0.2) is 18.2 Å². The number of benzene rings is 1. The summed E-state index contributed by atoms with van der Waals surface area (Å²) < 4.78 is 0. The standard InChI is InChI=1S/C16H12Br2Cl2N2O3/c17-12-6-4-7(13(12)18)11-10(6)15(24)22(16(11)25)21-14(23)5-1-2-8(19)9(20)3-5/h1-3,6-7,10-13H,4H2,(H,21,23)/t6-,7-,10-,11+,12-,13+/m1/s1. The molecule has 2 bridgehead atoms. The van der Waals surface area contributed by atoms with Gasteiger partial charge in [0.1, 0.15) is 0 Å². The first-order valence-electron chi connectivity index (χ1n) is 7.73. The predicted octanol–water partition coefficient (Wildman–Crippen LogP) is 3.42. The summed E-state index contributed by atoms with van der Waals surface area (Å²) >= 11 is 19.0. The van der Waals surface area contributed by atoms with Crippen LogP contribution in [-0.2, 0) is 9.59 Å². The molecular weight excluding hydrogens is 499 g/mol. The summed E-state index contributed by atoms with van der Waals surface area (Å²) in [6, 6.07) is 4.38. The molecule has 3 fully saturated rings. The summed E-state index contributed by atoms with van der Waals surface area (Å²) in [5.74, 6) is -1.78. The van der Waals surface area contributed by atoms with Crippen LogP contribution in [0.1, 0.15) is 16.8 Å². The van der Waals surface area contributed by atoms with Crippen molar-refractivity contribution < 1.29 is 14.4 Å². The van der Waals surface area contributed by atoms with Gasteiger partial charge < -0.3 is 0 Å². The van der Waals surface area contributed by atoms with Crippen LogP contribution in [0.25, 0.3) is 0 Å². The minimum atomic E-state index is -0.571. The number of alkyl halides is 2. The quantitative estimate of drug-likeness (QED) is 0.490. The molecule has 5 nitrogen and oxygen atoms in total. The molecule has 0 unspecified atom stereocenters. The number of carbonyl (C=O) groups is 3. The second-order valence-corrected chi connectivity index (χ2v) is 9.51. The minimum Gasteiger partial charge on any atom is -0.272 e. The number of hydrogen-bond acceptors (Lipinski definition) is 3. The molecule has 2 saturated carbocycles. The highest BCUT2D eigenvalue weighted by atomic mass is 79.9. The zero-order valence-electron chi connectivity index (χ0n) is 12.6. The molecule has 1 N–H and O–H groups in total. The molecule has 25 heavy (non-hydrogen) atoms. The molecule has 1 aromatic rings. The lowest BCUT2D eigenvalue weighted by Gasteiger charge is -2.28. The maximum Gasteiger partial charge on any atom is 0.270 e. The Balaban J connectivity index is 1.56. The number of imide groups is 1. The highest BCUT2D eigenvalue weighted by molar-refractivity contribution is 9.12. The van der Waals surface area contributed by atoms with E-state index >= 15 is 0 Å². The number of hydrogen-bond donors (Lipinski definition) is 1. The van der Waals surface area contributed by atoms with E-state index < -0.39 is 5.91 Å². The molecule has 0 radical (unpaired) electrons. The van der Waals surface area contributed by atoms with Crippen molar-refractivity contribution in [2.75, 3.05) is 0 Å². The van der Waals surface area contributed by atoms with Gasteiger partial charge >= 0.3 is 0 Å². The third-order valence-electron chi connectivity index (χ3n) is 5.38. The van der Waals surface area contributed by atoms with E-state index in [9.17, 15) is 14.4 Å². The second kappa shape index (κ2) is 6.22. The number of hydrazine groups is 1. The normalized spacial score (nSPS) is 36.1. The van der Waals surface area contributed by atoms with Gasteiger partial charge in [0.15, 0.2) is 0 Å². The van der Waals surface area contributed by atoms with Crippen molar-refractivity contribution in [2.45, 2.75) is 16.1 Å². The summed E-state index contributed by atoms with van der Waals surface area (Å²) in [6.45, 7) is 0. The van der Waals surface area contributed by atoms with Gasteiger partial charge in [0.05, 0.1) is 21.9 Å². The highest BCUT2D eigenvalue weighted by Gasteiger charge is 2.66. The van der Waals surface area contributed by atoms with Crippen LogP contribution in [0.4, 0.5) is 0 Å². The fraction of sp³-hybridized carbons (Fsp3) is 0.438. The van der Waals surface area contributed by atoms with Crippen LogP contribution in [-0.4, -0.2) is 32.4 Å². The average molecular weight is 511 g/mol. The number of nitrogens with zero attached hydrogens (tertiary/aromatic N) is 1. The van der Waals surface area contributed by atoms with E-state index in [1.54, 1.807) is 0 Å². The SMILES string of the molecule is O=C(NN1C(=O)[C@@H]2[C@H]3C[C@@H]([C@H](Br)[C@@H]3Br)[C@@H]2C1=O)c1ccc(Cl)c(Cl)c1.